The Morgan fingerprint density at radius 1 is 0.861 bits per heavy atom. The largest absolute Gasteiger partial charge is 0.493 e. The summed E-state index contributed by atoms with van der Waals surface area (Å²) in [6, 6.07) is 10.5. The van der Waals surface area contributed by atoms with Gasteiger partial charge in [-0.2, -0.15) is 16.7 Å². The highest BCUT2D eigenvalue weighted by Crippen LogP contribution is 2.34. The van der Waals surface area contributed by atoms with Crippen molar-refractivity contribution >= 4 is 87.8 Å². The smallest absolute Gasteiger partial charge is 0.315 e. The van der Waals surface area contributed by atoms with Gasteiger partial charge in [0.1, 0.15) is 10.8 Å². The maximum Gasteiger partial charge on any atom is 0.315 e. The molecule has 392 valence electrons. The summed E-state index contributed by atoms with van der Waals surface area (Å²) in [4.78, 5) is 83.4. The van der Waals surface area contributed by atoms with E-state index in [2.05, 4.69) is 48.4 Å². The fourth-order valence-corrected chi connectivity index (χ4v) is 9.49. The van der Waals surface area contributed by atoms with Crippen molar-refractivity contribution in [3.05, 3.63) is 71.4 Å². The maximum absolute atomic E-state index is 13.2. The van der Waals surface area contributed by atoms with Crippen LogP contribution in [0.5, 0.6) is 5.75 Å². The number of thioether (sulfide) groups is 1. The molecule has 10 N–H and O–H groups in total. The van der Waals surface area contributed by atoms with Gasteiger partial charge in [-0.1, -0.05) is 36.7 Å². The van der Waals surface area contributed by atoms with Gasteiger partial charge in [-0.15, -0.1) is 0 Å². The van der Waals surface area contributed by atoms with E-state index in [0.29, 0.717) is 119 Å². The first-order valence-corrected chi connectivity index (χ1v) is 25.6. The molecule has 2 aromatic carbocycles. The second kappa shape index (κ2) is 30.6. The van der Waals surface area contributed by atoms with E-state index in [1.54, 1.807) is 41.3 Å². The number of hydrogen-bond donors (Lipinski definition) is 8. The van der Waals surface area contributed by atoms with Crippen LogP contribution in [0.25, 0.3) is 0 Å². The highest BCUT2D eigenvalue weighted by molar-refractivity contribution is 8.00. The number of hydrogen-bond acceptors (Lipinski definition) is 15. The number of primary amides is 2. The molecule has 0 saturated carbocycles. The molecule has 3 atom stereocenters. The molecule has 1 aromatic heterocycles. The van der Waals surface area contributed by atoms with Crippen molar-refractivity contribution < 1.29 is 47.7 Å². The SMILES string of the molecule is C=CC(=O)Nc1ccccc1Nc1nc(Nc2cc(C(N)=O)c(OCCCN(CCCOCCOCCOCCCNC(=O)CCCC[C@@H]3SC[C@@H]4NC(=O)N[C@@H]43)C(=O)CCCC(N)=O)cc2C)ncc1Cl. The number of aromatic nitrogens is 2. The lowest BCUT2D eigenvalue weighted by molar-refractivity contribution is -0.131. The average molecular weight is 1040 g/mol. The minimum Gasteiger partial charge on any atom is -0.493 e. The minimum atomic E-state index is -0.721. The third kappa shape index (κ3) is 19.4. The molecule has 21 nitrogen and oxygen atoms in total. The number of amides is 7. The van der Waals surface area contributed by atoms with Gasteiger partial charge in [-0.25, -0.2) is 9.78 Å². The Morgan fingerprint density at radius 2 is 1.57 bits per heavy atom. The number of halogens is 1. The van der Waals surface area contributed by atoms with Gasteiger partial charge in [0, 0.05) is 68.8 Å². The summed E-state index contributed by atoms with van der Waals surface area (Å²) < 4.78 is 23.0. The highest BCUT2D eigenvalue weighted by atomic mass is 35.5. The van der Waals surface area contributed by atoms with Crippen LogP contribution in [0.1, 0.15) is 80.1 Å². The van der Waals surface area contributed by atoms with Gasteiger partial charge < -0.3 is 67.2 Å². The predicted molar refractivity (Wildman–Crippen MR) is 277 cm³/mol. The quantitative estimate of drug-likeness (QED) is 0.0217. The van der Waals surface area contributed by atoms with Crippen LogP contribution in [0.2, 0.25) is 5.02 Å². The number of ether oxygens (including phenoxy) is 4. The summed E-state index contributed by atoms with van der Waals surface area (Å²) in [7, 11) is 0. The Morgan fingerprint density at radius 3 is 2.29 bits per heavy atom. The van der Waals surface area contributed by atoms with Gasteiger partial charge >= 0.3 is 6.03 Å². The lowest BCUT2D eigenvalue weighted by Crippen LogP contribution is -2.36. The van der Waals surface area contributed by atoms with Crippen LogP contribution in [-0.4, -0.2) is 139 Å². The van der Waals surface area contributed by atoms with Crippen molar-refractivity contribution in [2.75, 3.05) is 87.6 Å². The van der Waals surface area contributed by atoms with E-state index in [9.17, 15) is 28.8 Å². The number of nitrogens with zero attached hydrogens (tertiary/aromatic N) is 3. The molecule has 0 bridgehead atoms. The van der Waals surface area contributed by atoms with Crippen molar-refractivity contribution in [2.24, 2.45) is 11.5 Å². The summed E-state index contributed by atoms with van der Waals surface area (Å²) in [5.41, 5.74) is 13.4. The molecule has 5 rings (SSSR count). The summed E-state index contributed by atoms with van der Waals surface area (Å²) in [5, 5.41) is 18.5. The van der Waals surface area contributed by atoms with Gasteiger partial charge in [0.15, 0.2) is 5.82 Å². The number of carbonyl (C=O) groups excluding carboxylic acids is 6. The normalized spacial score (nSPS) is 15.7. The zero-order valence-corrected chi connectivity index (χ0v) is 42.3. The van der Waals surface area contributed by atoms with E-state index < -0.39 is 11.8 Å². The molecule has 2 fully saturated rings. The highest BCUT2D eigenvalue weighted by Gasteiger charge is 2.42. The van der Waals surface area contributed by atoms with E-state index in [-0.39, 0.29) is 83.4 Å². The van der Waals surface area contributed by atoms with Gasteiger partial charge in [0.05, 0.1) is 68.3 Å². The first-order chi connectivity index (χ1) is 34.8. The van der Waals surface area contributed by atoms with Crippen molar-refractivity contribution in [1.29, 1.82) is 0 Å². The van der Waals surface area contributed by atoms with Gasteiger partial charge in [-0.3, -0.25) is 24.0 Å². The van der Waals surface area contributed by atoms with E-state index in [1.165, 1.54) is 6.20 Å². The van der Waals surface area contributed by atoms with Gasteiger partial charge in [-0.05, 0) is 81.4 Å². The number of unbranched alkanes of at least 4 members (excludes halogenated alkanes) is 1. The molecular weight excluding hydrogens is 970 g/mol. The molecule has 0 unspecified atom stereocenters. The number of urea groups is 1. The molecular formula is C49H68ClN11O10S. The third-order valence-electron chi connectivity index (χ3n) is 11.5. The number of rotatable bonds is 35. The lowest BCUT2D eigenvalue weighted by Gasteiger charge is -2.23. The Balaban J connectivity index is 0.959. The summed E-state index contributed by atoms with van der Waals surface area (Å²) in [6.07, 6.45) is 8.11. The lowest BCUT2D eigenvalue weighted by atomic mass is 10.0. The first-order valence-electron chi connectivity index (χ1n) is 24.2. The van der Waals surface area contributed by atoms with Crippen molar-refractivity contribution in [1.82, 2.24) is 30.8 Å². The molecule has 2 saturated heterocycles. The Hall–Kier alpha value is -6.20. The van der Waals surface area contributed by atoms with E-state index in [4.69, 9.17) is 42.0 Å². The number of para-hydroxylation sites is 2. The maximum atomic E-state index is 13.2. The monoisotopic (exact) mass is 1040 g/mol. The van der Waals surface area contributed by atoms with Gasteiger partial charge in [0.2, 0.25) is 29.6 Å². The molecule has 0 radical (unpaired) electrons. The van der Waals surface area contributed by atoms with Crippen LogP contribution in [0.15, 0.2) is 55.3 Å². The summed E-state index contributed by atoms with van der Waals surface area (Å²) in [6.45, 7) is 9.27. The summed E-state index contributed by atoms with van der Waals surface area (Å²) >= 11 is 8.31. The van der Waals surface area contributed by atoms with Gasteiger partial charge in [0.25, 0.3) is 5.91 Å². The van der Waals surface area contributed by atoms with Crippen molar-refractivity contribution in [2.45, 2.75) is 88.5 Å². The predicted octanol–water partition coefficient (Wildman–Crippen LogP) is 5.07. The number of nitrogens with two attached hydrogens (primary N) is 2. The van der Waals surface area contributed by atoms with Crippen LogP contribution in [-0.2, 0) is 33.4 Å². The molecule has 3 aromatic rings. The fraction of sp³-hybridized carbons (Fsp3) is 0.510. The number of anilines is 5. The molecule has 7 amide bonds. The number of nitrogens with one attached hydrogen (secondary N) is 6. The number of carbonyl (C=O) groups is 6. The van der Waals surface area contributed by atoms with Crippen molar-refractivity contribution in [3.63, 3.8) is 0 Å². The van der Waals surface area contributed by atoms with E-state index in [0.717, 1.165) is 31.1 Å². The minimum absolute atomic E-state index is 0.0394. The summed E-state index contributed by atoms with van der Waals surface area (Å²) in [5.74, 6) is -0.0545. The molecule has 2 aliphatic rings. The average Bonchev–Trinajstić information content (AvgIpc) is 3.91. The first kappa shape index (κ1) is 56.7. The Bertz CT molecular complexity index is 2310. The molecule has 0 aliphatic carbocycles. The zero-order chi connectivity index (χ0) is 51.7. The standard InChI is InChI=1S/C49H68ClN11O10S/c1-3-42(63)55-35-12-4-5-13-36(35)56-47-34(50)30-54-48(60-47)57-37-29-33(46(52)66)39(28-32(37)2)71-23-11-20-61(44(65)17-8-15-41(51)62)19-10-22-69-25-27-70-26-24-68-21-9-18-53-43(64)16-7-6-14-40-45-38(31-72-40)58-49(67)59-45/h3-5,12-13,28-30,38,40,45H,1,6-11,14-27,31H2,2H3,(H2,51,62)(H2,52,66)(H,53,64)(H,55,63)(H2,58,59,67)(H2,54,56,57,60)/t38-,40-,45-/m0/s1. The Labute approximate surface area is 429 Å². The van der Waals surface area contributed by atoms with Crippen LogP contribution in [0.3, 0.4) is 0 Å². The number of benzene rings is 2. The molecule has 0 spiro atoms. The molecule has 2 aliphatic heterocycles. The molecule has 72 heavy (non-hydrogen) atoms. The second-order valence-corrected chi connectivity index (χ2v) is 18.8. The number of fused-ring (bicyclic) bond motifs is 1. The van der Waals surface area contributed by atoms with E-state index >= 15 is 0 Å². The molecule has 3 heterocycles. The molecule has 23 heteroatoms. The fourth-order valence-electron chi connectivity index (χ4n) is 7.81. The zero-order valence-electron chi connectivity index (χ0n) is 40.8. The Kier molecular flexibility index (Phi) is 24.1. The number of aryl methyl sites for hydroxylation is 1. The second-order valence-electron chi connectivity index (χ2n) is 17.1. The van der Waals surface area contributed by atoms with Crippen LogP contribution < -0.4 is 48.1 Å². The third-order valence-corrected chi connectivity index (χ3v) is 13.3. The topological polar surface area (TPSA) is 293 Å². The van der Waals surface area contributed by atoms with E-state index in [1.807, 2.05) is 18.7 Å². The van der Waals surface area contributed by atoms with Crippen LogP contribution in [0.4, 0.5) is 33.6 Å². The van der Waals surface area contributed by atoms with Crippen molar-refractivity contribution in [3.8, 4) is 5.75 Å². The van der Waals surface area contributed by atoms with Crippen LogP contribution >= 0.6 is 23.4 Å². The van der Waals surface area contributed by atoms with Crippen LogP contribution in [0, 0.1) is 6.92 Å².